The van der Waals surface area contributed by atoms with Gasteiger partial charge in [-0.2, -0.15) is 0 Å². The number of rotatable bonds is 3. The first-order chi connectivity index (χ1) is 9.90. The van der Waals surface area contributed by atoms with E-state index >= 15 is 0 Å². The predicted molar refractivity (Wildman–Crippen MR) is 77.1 cm³/mol. The van der Waals surface area contributed by atoms with Crippen LogP contribution in [0.25, 0.3) is 0 Å². The van der Waals surface area contributed by atoms with Gasteiger partial charge in [-0.05, 0) is 46.3 Å². The van der Waals surface area contributed by atoms with Crippen molar-refractivity contribution >= 4 is 33.5 Å². The second-order valence-corrected chi connectivity index (χ2v) is 4.94. The second-order valence-electron chi connectivity index (χ2n) is 4.09. The molecule has 0 spiro atoms. The SMILES string of the molecule is O=C(Nc1cccc(C(=O)O)c1O)c1ccc(Br)c(F)c1. The number of hydrogen-bond donors (Lipinski definition) is 3. The van der Waals surface area contributed by atoms with Crippen LogP contribution in [0.1, 0.15) is 20.7 Å². The number of carbonyl (C=O) groups excluding carboxylic acids is 1. The Morgan fingerprint density at radius 3 is 2.52 bits per heavy atom. The molecule has 108 valence electrons. The fourth-order valence-electron chi connectivity index (χ4n) is 1.65. The highest BCUT2D eigenvalue weighted by atomic mass is 79.9. The van der Waals surface area contributed by atoms with E-state index in [1.165, 1.54) is 30.3 Å². The minimum absolute atomic E-state index is 0.0378. The molecule has 1 amide bonds. The van der Waals surface area contributed by atoms with Gasteiger partial charge in [-0.15, -0.1) is 0 Å². The number of halogens is 2. The van der Waals surface area contributed by atoms with Crippen molar-refractivity contribution in [2.75, 3.05) is 5.32 Å². The van der Waals surface area contributed by atoms with Crippen LogP contribution in [0.4, 0.5) is 10.1 Å². The molecule has 7 heteroatoms. The van der Waals surface area contributed by atoms with Gasteiger partial charge in [0.15, 0.2) is 5.75 Å². The number of carboxylic acids is 1. The van der Waals surface area contributed by atoms with Crippen molar-refractivity contribution in [1.29, 1.82) is 0 Å². The molecule has 0 heterocycles. The molecule has 0 radical (unpaired) electrons. The Bertz CT molecular complexity index is 733. The van der Waals surface area contributed by atoms with Crippen molar-refractivity contribution in [3.05, 3.63) is 57.8 Å². The first kappa shape index (κ1) is 15.0. The molecule has 0 fully saturated rings. The lowest BCUT2D eigenvalue weighted by Crippen LogP contribution is -2.13. The van der Waals surface area contributed by atoms with E-state index < -0.39 is 23.4 Å². The van der Waals surface area contributed by atoms with Gasteiger partial charge in [0, 0.05) is 5.56 Å². The maximum atomic E-state index is 13.4. The summed E-state index contributed by atoms with van der Waals surface area (Å²) < 4.78 is 13.6. The molecule has 0 aliphatic carbocycles. The summed E-state index contributed by atoms with van der Waals surface area (Å²) in [5, 5.41) is 21.0. The molecule has 2 aromatic carbocycles. The van der Waals surface area contributed by atoms with Crippen molar-refractivity contribution < 1.29 is 24.2 Å². The van der Waals surface area contributed by atoms with Crippen LogP contribution in [0.5, 0.6) is 5.75 Å². The molecule has 0 saturated heterocycles. The summed E-state index contributed by atoms with van der Waals surface area (Å²) in [7, 11) is 0. The van der Waals surface area contributed by atoms with Gasteiger partial charge < -0.3 is 15.5 Å². The molecular weight excluding hydrogens is 345 g/mol. The average Bonchev–Trinajstić information content (AvgIpc) is 2.43. The third-order valence-corrected chi connectivity index (χ3v) is 3.34. The monoisotopic (exact) mass is 353 g/mol. The van der Waals surface area contributed by atoms with Crippen molar-refractivity contribution in [3.8, 4) is 5.75 Å². The zero-order valence-corrected chi connectivity index (χ0v) is 12.0. The number of anilines is 1. The molecule has 0 saturated carbocycles. The molecule has 2 rings (SSSR count). The number of nitrogens with one attached hydrogen (secondary N) is 1. The van der Waals surface area contributed by atoms with Crippen LogP contribution in [0.3, 0.4) is 0 Å². The fourth-order valence-corrected chi connectivity index (χ4v) is 1.90. The summed E-state index contributed by atoms with van der Waals surface area (Å²) in [5.41, 5.74) is -0.367. The lowest BCUT2D eigenvalue weighted by Gasteiger charge is -2.09. The summed E-state index contributed by atoms with van der Waals surface area (Å²) in [4.78, 5) is 22.8. The number of benzene rings is 2. The number of para-hydroxylation sites is 1. The molecular formula is C14H9BrFNO4. The Labute approximate surface area is 127 Å². The standard InChI is InChI=1S/C14H9BrFNO4/c15-9-5-4-7(6-10(9)16)13(19)17-11-3-1-2-8(12(11)18)14(20)21/h1-6,18H,(H,17,19)(H,20,21). The Morgan fingerprint density at radius 1 is 1.19 bits per heavy atom. The summed E-state index contributed by atoms with van der Waals surface area (Å²) in [5.74, 6) is -3.15. The normalized spacial score (nSPS) is 10.2. The van der Waals surface area contributed by atoms with Crippen molar-refractivity contribution in [3.63, 3.8) is 0 Å². The van der Waals surface area contributed by atoms with Crippen molar-refractivity contribution in [2.45, 2.75) is 0 Å². The number of hydrogen-bond acceptors (Lipinski definition) is 3. The van der Waals surface area contributed by atoms with Gasteiger partial charge >= 0.3 is 5.97 Å². The van der Waals surface area contributed by atoms with Crippen molar-refractivity contribution in [1.82, 2.24) is 0 Å². The van der Waals surface area contributed by atoms with Crippen LogP contribution in [0.2, 0.25) is 0 Å². The first-order valence-corrected chi connectivity index (χ1v) is 6.51. The highest BCUT2D eigenvalue weighted by Crippen LogP contribution is 2.28. The highest BCUT2D eigenvalue weighted by molar-refractivity contribution is 9.10. The van der Waals surface area contributed by atoms with Crippen LogP contribution in [0.15, 0.2) is 40.9 Å². The number of amides is 1. The van der Waals surface area contributed by atoms with Gasteiger partial charge in [0.25, 0.3) is 5.91 Å². The second kappa shape index (κ2) is 5.92. The minimum atomic E-state index is -1.32. The summed E-state index contributed by atoms with van der Waals surface area (Å²) in [6.45, 7) is 0. The van der Waals surface area contributed by atoms with E-state index in [1.54, 1.807) is 0 Å². The van der Waals surface area contributed by atoms with Crippen LogP contribution < -0.4 is 5.32 Å². The molecule has 2 aromatic rings. The minimum Gasteiger partial charge on any atom is -0.505 e. The average molecular weight is 354 g/mol. The lowest BCUT2D eigenvalue weighted by atomic mass is 10.1. The summed E-state index contributed by atoms with van der Waals surface area (Å²) in [6, 6.07) is 7.71. The largest absolute Gasteiger partial charge is 0.505 e. The molecule has 3 N–H and O–H groups in total. The molecule has 0 aliphatic heterocycles. The van der Waals surface area contributed by atoms with Gasteiger partial charge in [-0.25, -0.2) is 9.18 Å². The van der Waals surface area contributed by atoms with E-state index in [9.17, 15) is 19.1 Å². The Kier molecular flexibility index (Phi) is 4.23. The summed E-state index contributed by atoms with van der Waals surface area (Å²) in [6.07, 6.45) is 0. The van der Waals surface area contributed by atoms with Gasteiger partial charge in [0.1, 0.15) is 11.4 Å². The van der Waals surface area contributed by atoms with E-state index in [1.807, 2.05) is 0 Å². The maximum Gasteiger partial charge on any atom is 0.339 e. The number of aromatic hydroxyl groups is 1. The van der Waals surface area contributed by atoms with Gasteiger partial charge in [-0.3, -0.25) is 4.79 Å². The number of carbonyl (C=O) groups is 2. The topological polar surface area (TPSA) is 86.6 Å². The Hall–Kier alpha value is -2.41. The highest BCUT2D eigenvalue weighted by Gasteiger charge is 2.16. The Morgan fingerprint density at radius 2 is 1.90 bits per heavy atom. The third-order valence-electron chi connectivity index (χ3n) is 2.70. The fraction of sp³-hybridized carbons (Fsp3) is 0. The van der Waals surface area contributed by atoms with E-state index in [2.05, 4.69) is 21.2 Å². The van der Waals surface area contributed by atoms with Gasteiger partial charge in [0.05, 0.1) is 10.2 Å². The van der Waals surface area contributed by atoms with Gasteiger partial charge in [0.2, 0.25) is 0 Å². The number of phenols is 1. The van der Waals surface area contributed by atoms with E-state index in [-0.39, 0.29) is 21.3 Å². The molecule has 0 unspecified atom stereocenters. The zero-order chi connectivity index (χ0) is 15.6. The molecule has 0 aromatic heterocycles. The molecule has 0 bridgehead atoms. The number of aromatic carboxylic acids is 1. The van der Waals surface area contributed by atoms with Crippen LogP contribution in [-0.4, -0.2) is 22.1 Å². The number of carboxylic acid groups (broad SMARTS) is 1. The predicted octanol–water partition coefficient (Wildman–Crippen LogP) is 3.24. The van der Waals surface area contributed by atoms with Crippen LogP contribution >= 0.6 is 15.9 Å². The van der Waals surface area contributed by atoms with Crippen molar-refractivity contribution in [2.24, 2.45) is 0 Å². The lowest BCUT2D eigenvalue weighted by molar-refractivity contribution is 0.0693. The molecule has 21 heavy (non-hydrogen) atoms. The Balaban J connectivity index is 2.29. The zero-order valence-electron chi connectivity index (χ0n) is 10.4. The maximum absolute atomic E-state index is 13.4. The van der Waals surface area contributed by atoms with Gasteiger partial charge in [-0.1, -0.05) is 6.07 Å². The molecule has 0 atom stereocenters. The quantitative estimate of drug-likeness (QED) is 0.739. The first-order valence-electron chi connectivity index (χ1n) is 5.72. The van der Waals surface area contributed by atoms with E-state index in [0.717, 1.165) is 6.07 Å². The van der Waals surface area contributed by atoms with E-state index in [4.69, 9.17) is 5.11 Å². The van der Waals surface area contributed by atoms with Crippen LogP contribution in [0, 0.1) is 5.82 Å². The molecule has 0 aliphatic rings. The van der Waals surface area contributed by atoms with E-state index in [0.29, 0.717) is 0 Å². The smallest absolute Gasteiger partial charge is 0.339 e. The summed E-state index contributed by atoms with van der Waals surface area (Å²) >= 11 is 2.97. The van der Waals surface area contributed by atoms with Crippen LogP contribution in [-0.2, 0) is 0 Å². The third kappa shape index (κ3) is 3.19. The molecule has 5 nitrogen and oxygen atoms in total.